The van der Waals surface area contributed by atoms with Gasteiger partial charge in [0.1, 0.15) is 0 Å². The molecule has 0 radical (unpaired) electrons. The molecule has 98 valence electrons. The highest BCUT2D eigenvalue weighted by atomic mass is 16.4. The van der Waals surface area contributed by atoms with Gasteiger partial charge in [-0.05, 0) is 24.1 Å². The molecule has 1 aromatic carbocycles. The first-order valence-corrected chi connectivity index (χ1v) is 5.12. The van der Waals surface area contributed by atoms with E-state index in [0.717, 1.165) is 12.1 Å². The van der Waals surface area contributed by atoms with E-state index in [2.05, 4.69) is 0 Å². The molecule has 7 heteroatoms. The van der Waals surface area contributed by atoms with Crippen molar-refractivity contribution >= 4 is 17.9 Å². The third kappa shape index (κ3) is 3.07. The molecule has 7 nitrogen and oxygen atoms in total. The molecule has 1 aromatic rings. The Hall–Kier alpha value is -2.88. The minimum absolute atomic E-state index is 0.0198. The molecule has 19 heavy (non-hydrogen) atoms. The molecular formula is C12H9NO6. The molecule has 3 N–H and O–H groups in total. The Labute approximate surface area is 107 Å². The molecule has 0 saturated carbocycles. The zero-order valence-electron chi connectivity index (χ0n) is 9.58. The first-order chi connectivity index (χ1) is 8.88. The van der Waals surface area contributed by atoms with E-state index in [-0.39, 0.29) is 24.0 Å². The third-order valence-corrected chi connectivity index (χ3v) is 2.42. The first kappa shape index (κ1) is 14.2. The molecule has 0 amide bonds. The van der Waals surface area contributed by atoms with Crippen LogP contribution in [0.2, 0.25) is 0 Å². The van der Waals surface area contributed by atoms with Gasteiger partial charge in [0.05, 0.1) is 22.8 Å². The molecule has 0 heterocycles. The predicted octanol–water partition coefficient (Wildman–Crippen LogP) is 1.24. The fourth-order valence-electron chi connectivity index (χ4n) is 1.63. The van der Waals surface area contributed by atoms with Crippen LogP contribution in [0.5, 0.6) is 0 Å². The molecule has 0 atom stereocenters. The van der Waals surface area contributed by atoms with E-state index in [1.54, 1.807) is 6.07 Å². The van der Waals surface area contributed by atoms with Crippen molar-refractivity contribution in [2.45, 2.75) is 12.8 Å². The van der Waals surface area contributed by atoms with E-state index in [0.29, 0.717) is 0 Å². The van der Waals surface area contributed by atoms with Crippen LogP contribution in [0.15, 0.2) is 12.1 Å². The van der Waals surface area contributed by atoms with Crippen molar-refractivity contribution in [3.8, 4) is 6.07 Å². The van der Waals surface area contributed by atoms with Crippen LogP contribution in [0.25, 0.3) is 0 Å². The molecule has 1 rings (SSSR count). The minimum Gasteiger partial charge on any atom is -0.478 e. The molecule has 0 saturated heterocycles. The average Bonchev–Trinajstić information content (AvgIpc) is 2.34. The number of hydrogen-bond acceptors (Lipinski definition) is 4. The summed E-state index contributed by atoms with van der Waals surface area (Å²) in [7, 11) is 0. The van der Waals surface area contributed by atoms with Crippen molar-refractivity contribution in [1.82, 2.24) is 0 Å². The predicted molar refractivity (Wildman–Crippen MR) is 61.3 cm³/mol. The fraction of sp³-hybridized carbons (Fsp3) is 0.167. The SMILES string of the molecule is N#CCCc1cc(C(=O)O)cc(C(=O)O)c1C(=O)O. The summed E-state index contributed by atoms with van der Waals surface area (Å²) in [6, 6.07) is 3.67. The summed E-state index contributed by atoms with van der Waals surface area (Å²) in [5.74, 6) is -4.36. The van der Waals surface area contributed by atoms with Crippen molar-refractivity contribution in [1.29, 1.82) is 5.26 Å². The maximum atomic E-state index is 11.1. The van der Waals surface area contributed by atoms with Gasteiger partial charge in [0.15, 0.2) is 0 Å². The van der Waals surface area contributed by atoms with Gasteiger partial charge in [-0.2, -0.15) is 5.26 Å². The molecule has 0 aromatic heterocycles. The highest BCUT2D eigenvalue weighted by molar-refractivity contribution is 6.04. The fourth-order valence-corrected chi connectivity index (χ4v) is 1.63. The normalized spacial score (nSPS) is 9.63. The zero-order chi connectivity index (χ0) is 14.6. The summed E-state index contributed by atoms with van der Waals surface area (Å²) in [6.45, 7) is 0. The highest BCUT2D eigenvalue weighted by Crippen LogP contribution is 2.20. The number of aryl methyl sites for hydroxylation is 1. The van der Waals surface area contributed by atoms with Crippen LogP contribution in [0, 0.1) is 11.3 Å². The lowest BCUT2D eigenvalue weighted by Gasteiger charge is -2.09. The Morgan fingerprint density at radius 2 is 1.68 bits per heavy atom. The van der Waals surface area contributed by atoms with Crippen molar-refractivity contribution < 1.29 is 29.7 Å². The van der Waals surface area contributed by atoms with E-state index < -0.39 is 29.0 Å². The van der Waals surface area contributed by atoms with Crippen molar-refractivity contribution in [2.24, 2.45) is 0 Å². The number of carbonyl (C=O) groups is 3. The van der Waals surface area contributed by atoms with Crippen LogP contribution in [0.1, 0.15) is 43.1 Å². The molecule has 0 aliphatic heterocycles. The second-order valence-electron chi connectivity index (χ2n) is 3.63. The lowest BCUT2D eigenvalue weighted by molar-refractivity contribution is 0.0648. The number of carboxylic acids is 3. The van der Waals surface area contributed by atoms with E-state index in [9.17, 15) is 14.4 Å². The molecule has 0 aliphatic carbocycles. The van der Waals surface area contributed by atoms with Crippen molar-refractivity contribution in [3.63, 3.8) is 0 Å². The van der Waals surface area contributed by atoms with E-state index in [1.165, 1.54) is 0 Å². The second kappa shape index (κ2) is 5.64. The Balaban J connectivity index is 3.56. The van der Waals surface area contributed by atoms with Gasteiger partial charge in [0.25, 0.3) is 0 Å². The van der Waals surface area contributed by atoms with E-state index in [4.69, 9.17) is 20.6 Å². The van der Waals surface area contributed by atoms with Gasteiger partial charge in [-0.1, -0.05) is 0 Å². The van der Waals surface area contributed by atoms with Gasteiger partial charge in [0, 0.05) is 6.42 Å². The summed E-state index contributed by atoms with van der Waals surface area (Å²) in [5.41, 5.74) is -1.38. The van der Waals surface area contributed by atoms with Crippen LogP contribution in [0.3, 0.4) is 0 Å². The van der Waals surface area contributed by atoms with E-state index in [1.807, 2.05) is 0 Å². The van der Waals surface area contributed by atoms with Crippen LogP contribution in [-0.4, -0.2) is 33.2 Å². The smallest absolute Gasteiger partial charge is 0.336 e. The maximum Gasteiger partial charge on any atom is 0.336 e. The van der Waals surface area contributed by atoms with Crippen LogP contribution >= 0.6 is 0 Å². The molecule has 0 aliphatic rings. The van der Waals surface area contributed by atoms with Gasteiger partial charge >= 0.3 is 17.9 Å². The monoisotopic (exact) mass is 263 g/mol. The number of carboxylic acid groups (broad SMARTS) is 3. The standard InChI is InChI=1S/C12H9NO6/c13-3-1-2-6-4-7(10(14)15)5-8(11(16)17)9(6)12(18)19/h4-5H,1-2H2,(H,14,15)(H,16,17)(H,18,19). The number of rotatable bonds is 5. The first-order valence-electron chi connectivity index (χ1n) is 5.12. The number of nitriles is 1. The third-order valence-electron chi connectivity index (χ3n) is 2.42. The Morgan fingerprint density at radius 1 is 1.05 bits per heavy atom. The average molecular weight is 263 g/mol. The molecular weight excluding hydrogens is 254 g/mol. The van der Waals surface area contributed by atoms with Crippen molar-refractivity contribution in [2.75, 3.05) is 0 Å². The lowest BCUT2D eigenvalue weighted by atomic mass is 9.94. The van der Waals surface area contributed by atoms with Crippen LogP contribution < -0.4 is 0 Å². The summed E-state index contributed by atoms with van der Waals surface area (Å²) in [4.78, 5) is 33.0. The summed E-state index contributed by atoms with van der Waals surface area (Å²) < 4.78 is 0. The number of benzene rings is 1. The van der Waals surface area contributed by atoms with Crippen molar-refractivity contribution in [3.05, 3.63) is 34.4 Å². The van der Waals surface area contributed by atoms with Gasteiger partial charge in [-0.15, -0.1) is 0 Å². The zero-order valence-corrected chi connectivity index (χ0v) is 9.58. The largest absolute Gasteiger partial charge is 0.478 e. The minimum atomic E-state index is -1.53. The summed E-state index contributed by atoms with van der Waals surface area (Å²) in [6.07, 6.45) is -0.0675. The number of hydrogen-bond donors (Lipinski definition) is 3. The lowest BCUT2D eigenvalue weighted by Crippen LogP contribution is -2.14. The summed E-state index contributed by atoms with van der Waals surface area (Å²) >= 11 is 0. The van der Waals surface area contributed by atoms with Gasteiger partial charge in [-0.25, -0.2) is 14.4 Å². The summed E-state index contributed by atoms with van der Waals surface area (Å²) in [5, 5.41) is 35.3. The topological polar surface area (TPSA) is 136 Å². The maximum absolute atomic E-state index is 11.1. The van der Waals surface area contributed by atoms with Crippen LogP contribution in [-0.2, 0) is 6.42 Å². The molecule has 0 bridgehead atoms. The van der Waals surface area contributed by atoms with Crippen LogP contribution in [0.4, 0.5) is 0 Å². The Morgan fingerprint density at radius 3 is 2.11 bits per heavy atom. The molecule has 0 fully saturated rings. The number of nitrogens with zero attached hydrogens (tertiary/aromatic N) is 1. The van der Waals surface area contributed by atoms with Gasteiger partial charge < -0.3 is 15.3 Å². The Kier molecular flexibility index (Phi) is 4.21. The molecule has 0 unspecified atom stereocenters. The number of aromatic carboxylic acids is 3. The quantitative estimate of drug-likeness (QED) is 0.726. The highest BCUT2D eigenvalue weighted by Gasteiger charge is 2.23. The van der Waals surface area contributed by atoms with E-state index >= 15 is 0 Å². The molecule has 0 spiro atoms. The van der Waals surface area contributed by atoms with Gasteiger partial charge in [0.2, 0.25) is 0 Å². The van der Waals surface area contributed by atoms with Gasteiger partial charge in [-0.3, -0.25) is 0 Å². The Bertz CT molecular complexity index is 599. The second-order valence-corrected chi connectivity index (χ2v) is 3.63.